The minimum absolute atomic E-state index is 0.378. The van der Waals surface area contributed by atoms with Gasteiger partial charge in [-0.1, -0.05) is 26.0 Å². The summed E-state index contributed by atoms with van der Waals surface area (Å²) in [6, 6.07) is 7.62. The molecule has 96 valence electrons. The molecule has 0 fully saturated rings. The van der Waals surface area contributed by atoms with Crippen molar-refractivity contribution in [2.45, 2.75) is 33.6 Å². The summed E-state index contributed by atoms with van der Waals surface area (Å²) in [7, 11) is -3.12. The maximum atomic E-state index is 12.5. The Kier molecular flexibility index (Phi) is 5.38. The van der Waals surface area contributed by atoms with Crippen LogP contribution in [-0.2, 0) is 13.6 Å². The lowest BCUT2D eigenvalue weighted by atomic mass is 10.0. The molecule has 0 atom stereocenters. The van der Waals surface area contributed by atoms with Crippen LogP contribution >= 0.6 is 7.60 Å². The van der Waals surface area contributed by atoms with Gasteiger partial charge in [-0.3, -0.25) is 4.57 Å². The van der Waals surface area contributed by atoms with Gasteiger partial charge < -0.3 is 9.05 Å². The van der Waals surface area contributed by atoms with Gasteiger partial charge >= 0.3 is 7.60 Å². The second-order valence-corrected chi connectivity index (χ2v) is 6.11. The number of rotatable bonds is 6. The first-order valence-corrected chi connectivity index (χ1v) is 7.57. The fourth-order valence-electron chi connectivity index (χ4n) is 1.57. The van der Waals surface area contributed by atoms with Gasteiger partial charge in [0.2, 0.25) is 0 Å². The van der Waals surface area contributed by atoms with Gasteiger partial charge in [-0.25, -0.2) is 0 Å². The average Bonchev–Trinajstić information content (AvgIpc) is 2.30. The second-order valence-electron chi connectivity index (χ2n) is 4.08. The van der Waals surface area contributed by atoms with Gasteiger partial charge in [0.25, 0.3) is 0 Å². The highest BCUT2D eigenvalue weighted by Gasteiger charge is 2.26. The standard InChI is InChI=1S/C13H21O3P/c1-5-15-17(14,16-6-2)13-9-7-12(8-10-13)11(3)4/h7-11H,5-6H2,1-4H3. The SMILES string of the molecule is CCOP(=O)(OCC)c1ccc(C(C)C)cc1. The van der Waals surface area contributed by atoms with Gasteiger partial charge in [-0.05, 0) is 37.5 Å². The average molecular weight is 256 g/mol. The van der Waals surface area contributed by atoms with Crippen LogP contribution in [0.3, 0.4) is 0 Å². The smallest absolute Gasteiger partial charge is 0.305 e. The fourth-order valence-corrected chi connectivity index (χ4v) is 3.13. The van der Waals surface area contributed by atoms with Gasteiger partial charge in [0.1, 0.15) is 0 Å². The molecule has 0 aromatic heterocycles. The molecule has 0 saturated carbocycles. The molecular weight excluding hydrogens is 235 g/mol. The molecule has 0 aliphatic carbocycles. The maximum Gasteiger partial charge on any atom is 0.361 e. The topological polar surface area (TPSA) is 35.5 Å². The molecule has 0 aliphatic rings. The molecule has 0 spiro atoms. The van der Waals surface area contributed by atoms with Gasteiger partial charge in [0.05, 0.1) is 18.5 Å². The first kappa shape index (κ1) is 14.4. The van der Waals surface area contributed by atoms with Crippen molar-refractivity contribution >= 4 is 12.9 Å². The highest BCUT2D eigenvalue weighted by atomic mass is 31.2. The van der Waals surface area contributed by atoms with Gasteiger partial charge in [0, 0.05) is 0 Å². The molecule has 0 N–H and O–H groups in total. The van der Waals surface area contributed by atoms with Crippen LogP contribution in [0, 0.1) is 0 Å². The third-order valence-corrected chi connectivity index (χ3v) is 4.60. The number of hydrogen-bond acceptors (Lipinski definition) is 3. The Morgan fingerprint density at radius 3 is 1.88 bits per heavy atom. The van der Waals surface area contributed by atoms with E-state index < -0.39 is 7.60 Å². The maximum absolute atomic E-state index is 12.5. The zero-order valence-electron chi connectivity index (χ0n) is 11.0. The molecule has 1 rings (SSSR count). The van der Waals surface area contributed by atoms with Gasteiger partial charge in [-0.2, -0.15) is 0 Å². The lowest BCUT2D eigenvalue weighted by molar-refractivity contribution is 0.230. The summed E-state index contributed by atoms with van der Waals surface area (Å²) in [6.07, 6.45) is 0. The summed E-state index contributed by atoms with van der Waals surface area (Å²) < 4.78 is 23.0. The Morgan fingerprint density at radius 1 is 1.06 bits per heavy atom. The molecule has 0 amide bonds. The largest absolute Gasteiger partial charge is 0.361 e. The highest BCUT2D eigenvalue weighted by Crippen LogP contribution is 2.46. The van der Waals surface area contributed by atoms with Crippen LogP contribution in [0.2, 0.25) is 0 Å². The monoisotopic (exact) mass is 256 g/mol. The molecular formula is C13H21O3P. The molecule has 4 heteroatoms. The van der Waals surface area contributed by atoms with E-state index in [0.29, 0.717) is 24.4 Å². The van der Waals surface area contributed by atoms with E-state index in [0.717, 1.165) is 0 Å². The Labute approximate surface area is 104 Å². The molecule has 1 aromatic carbocycles. The van der Waals surface area contributed by atoms with Crippen LogP contribution in [0.4, 0.5) is 0 Å². The molecule has 17 heavy (non-hydrogen) atoms. The van der Waals surface area contributed by atoms with Gasteiger partial charge in [-0.15, -0.1) is 0 Å². The van der Waals surface area contributed by atoms with Crippen LogP contribution in [0.15, 0.2) is 24.3 Å². The molecule has 0 bridgehead atoms. The summed E-state index contributed by atoms with van der Waals surface area (Å²) in [4.78, 5) is 0. The van der Waals surface area contributed by atoms with Crippen LogP contribution in [-0.4, -0.2) is 13.2 Å². The van der Waals surface area contributed by atoms with Crippen molar-refractivity contribution in [3.05, 3.63) is 29.8 Å². The van der Waals surface area contributed by atoms with Crippen LogP contribution in [0.25, 0.3) is 0 Å². The minimum atomic E-state index is -3.12. The third kappa shape index (κ3) is 3.67. The molecule has 0 aliphatic heterocycles. The van der Waals surface area contributed by atoms with E-state index in [1.165, 1.54) is 5.56 Å². The summed E-state index contributed by atoms with van der Waals surface area (Å²) in [5, 5.41) is 0.630. The van der Waals surface area contributed by atoms with Crippen molar-refractivity contribution < 1.29 is 13.6 Å². The van der Waals surface area contributed by atoms with Crippen molar-refractivity contribution in [1.82, 2.24) is 0 Å². The normalized spacial score (nSPS) is 12.1. The number of benzene rings is 1. The Hall–Kier alpha value is -0.630. The molecule has 1 aromatic rings. The second kappa shape index (κ2) is 6.34. The first-order chi connectivity index (χ1) is 8.03. The summed E-state index contributed by atoms with van der Waals surface area (Å²) in [5.41, 5.74) is 1.22. The fraction of sp³-hybridized carbons (Fsp3) is 0.538. The zero-order chi connectivity index (χ0) is 12.9. The van der Waals surface area contributed by atoms with Crippen molar-refractivity contribution in [2.24, 2.45) is 0 Å². The van der Waals surface area contributed by atoms with E-state index in [4.69, 9.17) is 9.05 Å². The third-order valence-electron chi connectivity index (χ3n) is 2.47. The van der Waals surface area contributed by atoms with Crippen LogP contribution < -0.4 is 5.30 Å². The van der Waals surface area contributed by atoms with Crippen molar-refractivity contribution in [3.63, 3.8) is 0 Å². The van der Waals surface area contributed by atoms with Gasteiger partial charge in [0.15, 0.2) is 0 Å². The summed E-state index contributed by atoms with van der Waals surface area (Å²) in [6.45, 7) is 8.63. The van der Waals surface area contributed by atoms with E-state index in [1.807, 2.05) is 38.1 Å². The van der Waals surface area contributed by atoms with Crippen LogP contribution in [0.1, 0.15) is 39.2 Å². The Bertz CT molecular complexity index is 374. The molecule has 3 nitrogen and oxygen atoms in total. The van der Waals surface area contributed by atoms with E-state index in [9.17, 15) is 4.57 Å². The van der Waals surface area contributed by atoms with Crippen molar-refractivity contribution in [1.29, 1.82) is 0 Å². The Morgan fingerprint density at radius 2 is 1.53 bits per heavy atom. The predicted octanol–water partition coefficient (Wildman–Crippen LogP) is 3.70. The first-order valence-electron chi connectivity index (χ1n) is 6.03. The highest BCUT2D eigenvalue weighted by molar-refractivity contribution is 7.62. The van der Waals surface area contributed by atoms with Crippen molar-refractivity contribution in [3.8, 4) is 0 Å². The molecule has 0 heterocycles. The Balaban J connectivity index is 2.99. The van der Waals surface area contributed by atoms with E-state index in [-0.39, 0.29) is 0 Å². The number of hydrogen-bond donors (Lipinski definition) is 0. The lowest BCUT2D eigenvalue weighted by Crippen LogP contribution is -2.10. The molecule has 0 saturated heterocycles. The van der Waals surface area contributed by atoms with E-state index in [1.54, 1.807) is 0 Å². The minimum Gasteiger partial charge on any atom is -0.305 e. The van der Waals surface area contributed by atoms with Crippen LogP contribution in [0.5, 0.6) is 0 Å². The molecule has 0 radical (unpaired) electrons. The quantitative estimate of drug-likeness (QED) is 0.728. The van der Waals surface area contributed by atoms with E-state index in [2.05, 4.69) is 13.8 Å². The predicted molar refractivity (Wildman–Crippen MR) is 71.0 cm³/mol. The lowest BCUT2D eigenvalue weighted by Gasteiger charge is -2.17. The van der Waals surface area contributed by atoms with Crippen molar-refractivity contribution in [2.75, 3.05) is 13.2 Å². The van der Waals surface area contributed by atoms with E-state index >= 15 is 0 Å². The zero-order valence-corrected chi connectivity index (χ0v) is 11.9. The summed E-state index contributed by atoms with van der Waals surface area (Å²) in [5.74, 6) is 0.461. The molecule has 0 unspecified atom stereocenters. The summed E-state index contributed by atoms with van der Waals surface area (Å²) >= 11 is 0.